The van der Waals surface area contributed by atoms with Crippen LogP contribution in [-0.4, -0.2) is 21.1 Å². The molecule has 7 nitrogen and oxygen atoms in total. The number of fused-ring (bicyclic) bond motifs is 1. The van der Waals surface area contributed by atoms with E-state index in [9.17, 15) is 19.7 Å². The van der Waals surface area contributed by atoms with Crippen LogP contribution in [0.2, 0.25) is 0 Å². The van der Waals surface area contributed by atoms with Crippen molar-refractivity contribution < 1.29 is 14.5 Å². The topological polar surface area (TPSA) is 91.4 Å². The molecule has 0 aliphatic carbocycles. The molecule has 1 aromatic heterocycles. The van der Waals surface area contributed by atoms with E-state index in [1.807, 2.05) is 30.3 Å². The summed E-state index contributed by atoms with van der Waals surface area (Å²) in [5.41, 5.74) is -0.258. The molecule has 0 spiro atoms. The van der Waals surface area contributed by atoms with Gasteiger partial charge in [0, 0.05) is 24.9 Å². The largest absolute Gasteiger partial charge is 0.456 e. The van der Waals surface area contributed by atoms with Gasteiger partial charge in [0.05, 0.1) is 15.8 Å². The summed E-state index contributed by atoms with van der Waals surface area (Å²) in [6.07, 6.45) is 1.46. The van der Waals surface area contributed by atoms with E-state index < -0.39 is 21.9 Å². The Morgan fingerprint density at radius 3 is 2.43 bits per heavy atom. The van der Waals surface area contributed by atoms with Crippen LogP contribution in [0.25, 0.3) is 10.9 Å². The van der Waals surface area contributed by atoms with Crippen LogP contribution in [0.1, 0.15) is 36.7 Å². The Hall–Kier alpha value is -3.48. The predicted octanol–water partition coefficient (Wildman–Crippen LogP) is 3.91. The number of nitro groups is 1. The first-order valence-electron chi connectivity index (χ1n) is 8.74. The van der Waals surface area contributed by atoms with Crippen molar-refractivity contribution >= 4 is 22.6 Å². The fourth-order valence-electron chi connectivity index (χ4n) is 2.89. The maximum atomic E-state index is 12.9. The van der Waals surface area contributed by atoms with Gasteiger partial charge in [-0.1, -0.05) is 30.3 Å². The van der Waals surface area contributed by atoms with Gasteiger partial charge in [-0.3, -0.25) is 14.9 Å². The van der Waals surface area contributed by atoms with Crippen molar-refractivity contribution in [3.05, 3.63) is 86.2 Å². The van der Waals surface area contributed by atoms with Gasteiger partial charge in [0.15, 0.2) is 0 Å². The van der Waals surface area contributed by atoms with Gasteiger partial charge < -0.3 is 9.30 Å². The van der Waals surface area contributed by atoms with Crippen molar-refractivity contribution in [2.24, 2.45) is 0 Å². The van der Waals surface area contributed by atoms with Gasteiger partial charge in [-0.25, -0.2) is 4.79 Å². The zero-order chi connectivity index (χ0) is 20.5. The summed E-state index contributed by atoms with van der Waals surface area (Å²) in [7, 11) is 0. The molecule has 0 aliphatic rings. The monoisotopic (exact) mass is 380 g/mol. The van der Waals surface area contributed by atoms with Crippen molar-refractivity contribution in [1.82, 2.24) is 4.57 Å². The van der Waals surface area contributed by atoms with E-state index in [1.54, 1.807) is 25.3 Å². The van der Waals surface area contributed by atoms with Crippen LogP contribution in [-0.2, 0) is 11.3 Å². The highest BCUT2D eigenvalue weighted by molar-refractivity contribution is 5.94. The lowest BCUT2D eigenvalue weighted by atomic mass is 10.1. The van der Waals surface area contributed by atoms with E-state index in [4.69, 9.17) is 4.74 Å². The molecular formula is C21H20N2O5. The number of nitrogens with zero attached hydrogens (tertiary/aromatic N) is 2. The van der Waals surface area contributed by atoms with Gasteiger partial charge in [0.25, 0.3) is 5.69 Å². The highest BCUT2D eigenvalue weighted by Gasteiger charge is 2.23. The van der Waals surface area contributed by atoms with Gasteiger partial charge in [-0.05, 0) is 32.4 Å². The molecule has 0 N–H and O–H groups in total. The number of carbonyl (C=O) groups excluding carboxylic acids is 1. The zero-order valence-electron chi connectivity index (χ0n) is 15.8. The predicted molar refractivity (Wildman–Crippen MR) is 106 cm³/mol. The minimum Gasteiger partial charge on any atom is -0.456 e. The highest BCUT2D eigenvalue weighted by atomic mass is 16.6. The molecule has 0 amide bonds. The third-order valence-corrected chi connectivity index (χ3v) is 4.09. The Labute approximate surface area is 161 Å². The third-order valence-electron chi connectivity index (χ3n) is 4.09. The van der Waals surface area contributed by atoms with E-state index in [-0.39, 0.29) is 16.6 Å². The summed E-state index contributed by atoms with van der Waals surface area (Å²) < 4.78 is 7.08. The lowest BCUT2D eigenvalue weighted by molar-refractivity contribution is -0.384. The fraction of sp³-hybridized carbons (Fsp3) is 0.238. The minimum absolute atomic E-state index is 0.105. The molecule has 28 heavy (non-hydrogen) atoms. The van der Waals surface area contributed by atoms with Crippen molar-refractivity contribution in [2.75, 3.05) is 0 Å². The van der Waals surface area contributed by atoms with Crippen molar-refractivity contribution in [1.29, 1.82) is 0 Å². The molecule has 0 radical (unpaired) electrons. The molecule has 0 saturated carbocycles. The number of hydrogen-bond acceptors (Lipinski definition) is 5. The molecule has 0 saturated heterocycles. The number of nitro benzene ring substituents is 1. The van der Waals surface area contributed by atoms with E-state index in [1.165, 1.54) is 24.4 Å². The van der Waals surface area contributed by atoms with E-state index in [2.05, 4.69) is 0 Å². The Kier molecular flexibility index (Phi) is 5.00. The second kappa shape index (κ2) is 7.26. The summed E-state index contributed by atoms with van der Waals surface area (Å²) in [5, 5.41) is 11.2. The molecule has 3 aromatic rings. The lowest BCUT2D eigenvalue weighted by Crippen LogP contribution is -2.28. The summed E-state index contributed by atoms with van der Waals surface area (Å²) >= 11 is 0. The fourth-order valence-corrected chi connectivity index (χ4v) is 2.89. The number of carbonyl (C=O) groups is 1. The molecule has 2 aromatic carbocycles. The Balaban J connectivity index is 2.22. The first kappa shape index (κ1) is 19.3. The van der Waals surface area contributed by atoms with Crippen molar-refractivity contribution in [3.63, 3.8) is 0 Å². The Morgan fingerprint density at radius 2 is 1.82 bits per heavy atom. The third kappa shape index (κ3) is 4.09. The molecule has 3 rings (SSSR count). The molecule has 0 unspecified atom stereocenters. The van der Waals surface area contributed by atoms with Crippen LogP contribution < -0.4 is 5.43 Å². The minimum atomic E-state index is -0.772. The molecule has 1 heterocycles. The quantitative estimate of drug-likeness (QED) is 0.389. The molecule has 7 heteroatoms. The maximum absolute atomic E-state index is 12.9. The molecule has 144 valence electrons. The normalized spacial score (nSPS) is 11.4. The van der Waals surface area contributed by atoms with Crippen molar-refractivity contribution in [2.45, 2.75) is 32.9 Å². The summed E-state index contributed by atoms with van der Waals surface area (Å²) in [4.78, 5) is 36.1. The smallest absolute Gasteiger partial charge is 0.344 e. The molecule has 0 bridgehead atoms. The molecule has 0 atom stereocenters. The Bertz CT molecular complexity index is 1110. The van der Waals surface area contributed by atoms with Crippen LogP contribution >= 0.6 is 0 Å². The van der Waals surface area contributed by atoms with Crippen LogP contribution in [0.4, 0.5) is 5.69 Å². The second-order valence-electron chi connectivity index (χ2n) is 7.45. The average Bonchev–Trinajstić information content (AvgIpc) is 2.63. The number of pyridine rings is 1. The van der Waals surface area contributed by atoms with E-state index in [0.717, 1.165) is 5.56 Å². The lowest BCUT2D eigenvalue weighted by Gasteiger charge is -2.20. The first-order valence-corrected chi connectivity index (χ1v) is 8.74. The zero-order valence-corrected chi connectivity index (χ0v) is 15.8. The van der Waals surface area contributed by atoms with Gasteiger partial charge >= 0.3 is 5.97 Å². The SMILES string of the molecule is CC(C)(C)OC(=O)c1cn(Cc2ccccc2)c2ccc([N+](=O)[O-])cc2c1=O. The number of ether oxygens (including phenoxy) is 1. The molecule has 0 aliphatic heterocycles. The van der Waals surface area contributed by atoms with Crippen LogP contribution in [0, 0.1) is 10.1 Å². The molecule has 0 fully saturated rings. The molecular weight excluding hydrogens is 360 g/mol. The van der Waals surface area contributed by atoms with Gasteiger partial charge in [-0.15, -0.1) is 0 Å². The number of hydrogen-bond donors (Lipinski definition) is 0. The summed E-state index contributed by atoms with van der Waals surface area (Å²) in [6, 6.07) is 13.6. The Morgan fingerprint density at radius 1 is 1.14 bits per heavy atom. The van der Waals surface area contributed by atoms with E-state index in [0.29, 0.717) is 12.1 Å². The van der Waals surface area contributed by atoms with Crippen molar-refractivity contribution in [3.8, 4) is 0 Å². The van der Waals surface area contributed by atoms with Gasteiger partial charge in [-0.2, -0.15) is 0 Å². The number of benzene rings is 2. The summed E-state index contributed by atoms with van der Waals surface area (Å²) in [5.74, 6) is -0.757. The highest BCUT2D eigenvalue weighted by Crippen LogP contribution is 2.21. The number of rotatable bonds is 4. The van der Waals surface area contributed by atoms with Crippen LogP contribution in [0.3, 0.4) is 0 Å². The van der Waals surface area contributed by atoms with E-state index >= 15 is 0 Å². The van der Waals surface area contributed by atoms with Gasteiger partial charge in [0.1, 0.15) is 11.2 Å². The van der Waals surface area contributed by atoms with Crippen LogP contribution in [0.15, 0.2) is 59.5 Å². The summed E-state index contributed by atoms with van der Waals surface area (Å²) in [6.45, 7) is 5.52. The maximum Gasteiger partial charge on any atom is 0.344 e. The average molecular weight is 380 g/mol. The number of esters is 1. The number of aromatic nitrogens is 1. The first-order chi connectivity index (χ1) is 13.2. The number of non-ortho nitro benzene ring substituents is 1. The second-order valence-corrected chi connectivity index (χ2v) is 7.45. The standard InChI is InChI=1S/C21H20N2O5/c1-21(2,3)28-20(25)17-13-22(12-14-7-5-4-6-8-14)18-10-9-15(23(26)27)11-16(18)19(17)24/h4-11,13H,12H2,1-3H3. The van der Waals surface area contributed by atoms with Gasteiger partial charge in [0.2, 0.25) is 5.43 Å². The van der Waals surface area contributed by atoms with Crippen LogP contribution in [0.5, 0.6) is 0 Å².